The Morgan fingerprint density at radius 3 is 2.56 bits per heavy atom. The highest BCUT2D eigenvalue weighted by Crippen LogP contribution is 2.31. The van der Waals surface area contributed by atoms with E-state index in [9.17, 15) is 9.59 Å². The lowest BCUT2D eigenvalue weighted by Gasteiger charge is -2.38. The molecule has 2 saturated heterocycles. The van der Waals surface area contributed by atoms with E-state index in [1.54, 1.807) is 12.1 Å². The molecule has 3 rings (SSSR count). The van der Waals surface area contributed by atoms with Gasteiger partial charge in [-0.15, -0.1) is 0 Å². The van der Waals surface area contributed by atoms with Crippen LogP contribution in [-0.4, -0.2) is 41.9 Å². The van der Waals surface area contributed by atoms with Crippen molar-refractivity contribution in [3.8, 4) is 5.75 Å². The Labute approximate surface area is 149 Å². The standard InChI is InChI=1S/C20H28N2O3/c1-3-13-25-17-10-8-16(9-11-17)22-19(23)14-18(20(22)24)21-12-6-5-7-15(21)4-2/h8-11,15,18H,3-7,12-14H2,1-2H3/t15-,18+/m0/s1. The van der Waals surface area contributed by atoms with Gasteiger partial charge in [-0.25, -0.2) is 4.90 Å². The van der Waals surface area contributed by atoms with Crippen molar-refractivity contribution in [3.63, 3.8) is 0 Å². The predicted molar refractivity (Wildman–Crippen MR) is 97.8 cm³/mol. The Balaban J connectivity index is 1.74. The van der Waals surface area contributed by atoms with Crippen LogP contribution in [0.3, 0.4) is 0 Å². The van der Waals surface area contributed by atoms with Crippen molar-refractivity contribution in [1.29, 1.82) is 0 Å². The normalized spacial score (nSPS) is 24.8. The molecule has 1 aromatic carbocycles. The van der Waals surface area contributed by atoms with Crippen molar-refractivity contribution in [2.75, 3.05) is 18.1 Å². The smallest absolute Gasteiger partial charge is 0.251 e. The molecule has 2 amide bonds. The molecule has 5 nitrogen and oxygen atoms in total. The van der Waals surface area contributed by atoms with Crippen molar-refractivity contribution >= 4 is 17.5 Å². The van der Waals surface area contributed by atoms with Crippen LogP contribution < -0.4 is 9.64 Å². The van der Waals surface area contributed by atoms with E-state index in [0.717, 1.165) is 38.0 Å². The molecule has 2 fully saturated rings. The van der Waals surface area contributed by atoms with Gasteiger partial charge in [0.05, 0.1) is 24.8 Å². The first kappa shape index (κ1) is 17.9. The molecule has 25 heavy (non-hydrogen) atoms. The number of ether oxygens (including phenoxy) is 1. The topological polar surface area (TPSA) is 49.9 Å². The van der Waals surface area contributed by atoms with Crippen molar-refractivity contribution in [2.24, 2.45) is 0 Å². The summed E-state index contributed by atoms with van der Waals surface area (Å²) >= 11 is 0. The lowest BCUT2D eigenvalue weighted by molar-refractivity contribution is -0.123. The molecular weight excluding hydrogens is 316 g/mol. The molecule has 1 aromatic rings. The van der Waals surface area contributed by atoms with Gasteiger partial charge >= 0.3 is 0 Å². The maximum Gasteiger partial charge on any atom is 0.251 e. The van der Waals surface area contributed by atoms with Crippen LogP contribution in [0.4, 0.5) is 5.69 Å². The third kappa shape index (κ3) is 3.71. The van der Waals surface area contributed by atoms with Gasteiger partial charge in [-0.2, -0.15) is 0 Å². The summed E-state index contributed by atoms with van der Waals surface area (Å²) in [5, 5.41) is 0. The van der Waals surface area contributed by atoms with Crippen LogP contribution >= 0.6 is 0 Å². The van der Waals surface area contributed by atoms with Crippen molar-refractivity contribution in [2.45, 2.75) is 64.5 Å². The zero-order valence-electron chi connectivity index (χ0n) is 15.2. The van der Waals surface area contributed by atoms with E-state index in [1.165, 1.54) is 11.3 Å². The zero-order valence-corrected chi connectivity index (χ0v) is 15.2. The minimum absolute atomic E-state index is 0.0763. The molecule has 0 N–H and O–H groups in total. The number of benzene rings is 1. The molecule has 5 heteroatoms. The fraction of sp³-hybridized carbons (Fsp3) is 0.600. The lowest BCUT2D eigenvalue weighted by atomic mass is 9.97. The maximum atomic E-state index is 13.0. The molecule has 2 aliphatic rings. The molecule has 0 aromatic heterocycles. The van der Waals surface area contributed by atoms with Crippen molar-refractivity contribution < 1.29 is 14.3 Å². The summed E-state index contributed by atoms with van der Waals surface area (Å²) in [6, 6.07) is 7.38. The van der Waals surface area contributed by atoms with Crippen LogP contribution in [0.25, 0.3) is 0 Å². The molecule has 2 heterocycles. The minimum atomic E-state index is -0.297. The van der Waals surface area contributed by atoms with Crippen LogP contribution in [0.5, 0.6) is 5.75 Å². The molecule has 0 radical (unpaired) electrons. The number of carbonyl (C=O) groups is 2. The van der Waals surface area contributed by atoms with E-state index in [0.29, 0.717) is 24.8 Å². The highest BCUT2D eigenvalue weighted by molar-refractivity contribution is 6.22. The molecule has 0 saturated carbocycles. The summed E-state index contributed by atoms with van der Waals surface area (Å²) < 4.78 is 5.57. The Morgan fingerprint density at radius 1 is 1.12 bits per heavy atom. The summed E-state index contributed by atoms with van der Waals surface area (Å²) in [6.07, 6.45) is 5.72. The van der Waals surface area contributed by atoms with E-state index in [2.05, 4.69) is 18.7 Å². The highest BCUT2D eigenvalue weighted by Gasteiger charge is 2.44. The average molecular weight is 344 g/mol. The zero-order chi connectivity index (χ0) is 17.8. The third-order valence-corrected chi connectivity index (χ3v) is 5.23. The molecule has 136 valence electrons. The summed E-state index contributed by atoms with van der Waals surface area (Å²) in [5.41, 5.74) is 0.645. The van der Waals surface area contributed by atoms with Gasteiger partial charge in [0.1, 0.15) is 5.75 Å². The lowest BCUT2D eigenvalue weighted by Crippen LogP contribution is -2.49. The molecule has 0 bridgehead atoms. The maximum absolute atomic E-state index is 13.0. The van der Waals surface area contributed by atoms with Gasteiger partial charge in [0.2, 0.25) is 5.91 Å². The highest BCUT2D eigenvalue weighted by atomic mass is 16.5. The van der Waals surface area contributed by atoms with Gasteiger partial charge in [0.25, 0.3) is 5.91 Å². The monoisotopic (exact) mass is 344 g/mol. The molecular formula is C20H28N2O3. The minimum Gasteiger partial charge on any atom is -0.494 e. The number of hydrogen-bond donors (Lipinski definition) is 0. The first-order valence-corrected chi connectivity index (χ1v) is 9.51. The second-order valence-corrected chi connectivity index (χ2v) is 6.93. The second kappa shape index (κ2) is 8.00. The van der Waals surface area contributed by atoms with Crippen LogP contribution in [0, 0.1) is 0 Å². The molecule has 2 atom stereocenters. The van der Waals surface area contributed by atoms with Crippen LogP contribution in [0.1, 0.15) is 52.4 Å². The number of anilines is 1. The van der Waals surface area contributed by atoms with E-state index in [-0.39, 0.29) is 17.9 Å². The fourth-order valence-corrected chi connectivity index (χ4v) is 3.93. The van der Waals surface area contributed by atoms with Crippen molar-refractivity contribution in [3.05, 3.63) is 24.3 Å². The Kier molecular flexibility index (Phi) is 5.74. The van der Waals surface area contributed by atoms with E-state index < -0.39 is 0 Å². The van der Waals surface area contributed by atoms with E-state index >= 15 is 0 Å². The van der Waals surface area contributed by atoms with Gasteiger partial charge in [-0.3, -0.25) is 14.5 Å². The quantitative estimate of drug-likeness (QED) is 0.743. The van der Waals surface area contributed by atoms with Gasteiger partial charge in [0, 0.05) is 6.04 Å². The summed E-state index contributed by atoms with van der Waals surface area (Å²) in [6.45, 7) is 5.80. The first-order valence-electron chi connectivity index (χ1n) is 9.51. The number of rotatable bonds is 6. The third-order valence-electron chi connectivity index (χ3n) is 5.23. The fourth-order valence-electron chi connectivity index (χ4n) is 3.93. The summed E-state index contributed by atoms with van der Waals surface area (Å²) in [7, 11) is 0. The SMILES string of the molecule is CCCOc1ccc(N2C(=O)C[C@@H](N3CCCC[C@@H]3CC)C2=O)cc1. The van der Waals surface area contributed by atoms with E-state index in [4.69, 9.17) is 4.74 Å². The number of hydrogen-bond acceptors (Lipinski definition) is 4. The Bertz CT molecular complexity index is 614. The Hall–Kier alpha value is -1.88. The summed E-state index contributed by atoms with van der Waals surface area (Å²) in [4.78, 5) is 29.1. The van der Waals surface area contributed by atoms with Crippen molar-refractivity contribution in [1.82, 2.24) is 4.90 Å². The Morgan fingerprint density at radius 2 is 1.88 bits per heavy atom. The first-order chi connectivity index (χ1) is 12.2. The number of piperidine rings is 1. The second-order valence-electron chi connectivity index (χ2n) is 6.93. The molecule has 0 unspecified atom stereocenters. The van der Waals surface area contributed by atoms with Crippen LogP contribution in [0.2, 0.25) is 0 Å². The number of amides is 2. The molecule has 0 spiro atoms. The number of likely N-dealkylation sites (tertiary alicyclic amines) is 1. The number of carbonyl (C=O) groups excluding carboxylic acids is 2. The largest absolute Gasteiger partial charge is 0.494 e. The molecule has 0 aliphatic carbocycles. The van der Waals surface area contributed by atoms with E-state index in [1.807, 2.05) is 12.1 Å². The van der Waals surface area contributed by atoms with Gasteiger partial charge in [-0.05, 0) is 56.5 Å². The predicted octanol–water partition coefficient (Wildman–Crippen LogP) is 3.37. The average Bonchev–Trinajstić information content (AvgIpc) is 2.94. The number of imide groups is 1. The van der Waals surface area contributed by atoms with Gasteiger partial charge in [-0.1, -0.05) is 20.3 Å². The van der Waals surface area contributed by atoms with Gasteiger partial charge in [0.15, 0.2) is 0 Å². The molecule has 2 aliphatic heterocycles. The van der Waals surface area contributed by atoms with Crippen LogP contribution in [0.15, 0.2) is 24.3 Å². The van der Waals surface area contributed by atoms with Gasteiger partial charge < -0.3 is 4.74 Å². The summed E-state index contributed by atoms with van der Waals surface area (Å²) in [5.74, 6) is 0.591. The number of nitrogens with zero attached hydrogens (tertiary/aromatic N) is 2. The van der Waals surface area contributed by atoms with Crippen LogP contribution in [-0.2, 0) is 9.59 Å².